The Kier molecular flexibility index (Phi) is 58.4. The first-order valence-electron chi connectivity index (χ1n) is 30.7. The molecule has 0 aromatic carbocycles. The number of unbranched alkanes of at least 4 members (excludes halogenated alkanes) is 21. The Bertz CT molecular complexity index is 1620. The first-order chi connectivity index (χ1) is 37.0. The van der Waals surface area contributed by atoms with Crippen LogP contribution in [0.3, 0.4) is 0 Å². The van der Waals surface area contributed by atoms with E-state index in [2.05, 4.69) is 154 Å². The summed E-state index contributed by atoms with van der Waals surface area (Å²) in [5, 5.41) is 0. The van der Waals surface area contributed by atoms with Crippen LogP contribution in [0.15, 0.2) is 134 Å². The van der Waals surface area contributed by atoms with Crippen molar-refractivity contribution in [2.45, 2.75) is 271 Å². The van der Waals surface area contributed by atoms with Crippen LogP contribution in [-0.4, -0.2) is 37.2 Å². The third kappa shape index (κ3) is 60.3. The normalized spacial score (nSPS) is 13.1. The second-order valence-corrected chi connectivity index (χ2v) is 19.8. The summed E-state index contributed by atoms with van der Waals surface area (Å²) < 4.78 is 16.8. The summed E-state index contributed by atoms with van der Waals surface area (Å²) in [6, 6.07) is 0. The average Bonchev–Trinajstić information content (AvgIpc) is 3.41. The SMILES string of the molecule is CC/C=C\C/C=C\C/C=C\C/C=C\C/C=C\C/C=C\CCCCCCCCCCCCC(=O)OCC(COC(=O)CCCCCCC/C=C\CCCCCC)OC(=O)CCCC/C=C\C/C=C\C/C=C\C/C=C\CC. The van der Waals surface area contributed by atoms with Gasteiger partial charge < -0.3 is 14.2 Å². The van der Waals surface area contributed by atoms with Gasteiger partial charge in [-0.05, 0) is 135 Å². The van der Waals surface area contributed by atoms with E-state index in [9.17, 15) is 14.4 Å². The van der Waals surface area contributed by atoms with Gasteiger partial charge in [0.1, 0.15) is 13.2 Å². The van der Waals surface area contributed by atoms with Crippen LogP contribution in [0.25, 0.3) is 0 Å². The lowest BCUT2D eigenvalue weighted by molar-refractivity contribution is -0.167. The molecule has 0 heterocycles. The number of hydrogen-bond acceptors (Lipinski definition) is 6. The van der Waals surface area contributed by atoms with Crippen molar-refractivity contribution in [2.75, 3.05) is 13.2 Å². The van der Waals surface area contributed by atoms with Crippen LogP contribution in [0, 0.1) is 0 Å². The lowest BCUT2D eigenvalue weighted by atomic mass is 10.1. The minimum Gasteiger partial charge on any atom is -0.462 e. The Morgan fingerprint density at radius 3 is 0.853 bits per heavy atom. The number of carbonyl (C=O) groups is 3. The molecule has 0 aromatic heterocycles. The van der Waals surface area contributed by atoms with E-state index in [4.69, 9.17) is 14.2 Å². The predicted octanol–water partition coefficient (Wildman–Crippen LogP) is 21.0. The number of allylic oxidation sites excluding steroid dienone is 22. The third-order valence-corrected chi connectivity index (χ3v) is 12.6. The van der Waals surface area contributed by atoms with E-state index in [0.717, 1.165) is 128 Å². The van der Waals surface area contributed by atoms with Gasteiger partial charge in [-0.3, -0.25) is 14.4 Å². The molecule has 0 rings (SSSR count). The summed E-state index contributed by atoms with van der Waals surface area (Å²) >= 11 is 0. The molecule has 0 aliphatic heterocycles. The molecule has 424 valence electrons. The summed E-state index contributed by atoms with van der Waals surface area (Å²) in [4.78, 5) is 38.2. The molecule has 0 N–H and O–H groups in total. The molecule has 0 amide bonds. The number of esters is 3. The fourth-order valence-electron chi connectivity index (χ4n) is 8.08. The summed E-state index contributed by atoms with van der Waals surface area (Å²) in [6.07, 6.45) is 87.4. The van der Waals surface area contributed by atoms with E-state index >= 15 is 0 Å². The lowest BCUT2D eigenvalue weighted by Gasteiger charge is -2.18. The minimum absolute atomic E-state index is 0.103. The highest BCUT2D eigenvalue weighted by molar-refractivity contribution is 5.71. The molecule has 0 spiro atoms. The average molecular weight is 1040 g/mol. The molecule has 75 heavy (non-hydrogen) atoms. The van der Waals surface area contributed by atoms with Crippen molar-refractivity contribution < 1.29 is 28.6 Å². The Labute approximate surface area is 462 Å². The molecule has 0 bridgehead atoms. The molecule has 0 fully saturated rings. The van der Waals surface area contributed by atoms with Crippen LogP contribution in [-0.2, 0) is 28.6 Å². The van der Waals surface area contributed by atoms with Gasteiger partial charge in [-0.15, -0.1) is 0 Å². The predicted molar refractivity (Wildman–Crippen MR) is 325 cm³/mol. The van der Waals surface area contributed by atoms with Crippen LogP contribution < -0.4 is 0 Å². The van der Waals surface area contributed by atoms with Gasteiger partial charge >= 0.3 is 17.9 Å². The maximum absolute atomic E-state index is 12.8. The molecule has 0 saturated heterocycles. The Balaban J connectivity index is 4.33. The molecule has 0 saturated carbocycles. The van der Waals surface area contributed by atoms with E-state index in [1.807, 2.05) is 0 Å². The molecule has 0 aliphatic rings. The van der Waals surface area contributed by atoms with E-state index in [-0.39, 0.29) is 37.5 Å². The fraction of sp³-hybridized carbons (Fsp3) is 0.638. The Hall–Kier alpha value is -4.45. The molecular formula is C69H112O6. The van der Waals surface area contributed by atoms with Crippen molar-refractivity contribution in [1.29, 1.82) is 0 Å². The van der Waals surface area contributed by atoms with Gasteiger partial charge in [0.15, 0.2) is 6.10 Å². The minimum atomic E-state index is -0.809. The fourth-order valence-corrected chi connectivity index (χ4v) is 8.08. The summed E-state index contributed by atoms with van der Waals surface area (Å²) in [7, 11) is 0. The van der Waals surface area contributed by atoms with E-state index in [1.165, 1.54) is 89.9 Å². The monoisotopic (exact) mass is 1040 g/mol. The molecule has 0 aromatic rings. The topological polar surface area (TPSA) is 78.9 Å². The molecular weight excluding hydrogens is 925 g/mol. The van der Waals surface area contributed by atoms with Gasteiger partial charge in [-0.25, -0.2) is 0 Å². The first kappa shape index (κ1) is 70.5. The van der Waals surface area contributed by atoms with E-state index in [1.54, 1.807) is 0 Å². The van der Waals surface area contributed by atoms with Crippen molar-refractivity contribution >= 4 is 17.9 Å². The van der Waals surface area contributed by atoms with Crippen LogP contribution in [0.4, 0.5) is 0 Å². The maximum atomic E-state index is 12.8. The molecule has 1 atom stereocenters. The van der Waals surface area contributed by atoms with Crippen LogP contribution in [0.5, 0.6) is 0 Å². The quantitative estimate of drug-likeness (QED) is 0.0261. The summed E-state index contributed by atoms with van der Waals surface area (Å²) in [6.45, 7) is 6.35. The van der Waals surface area contributed by atoms with Gasteiger partial charge in [0.2, 0.25) is 0 Å². The zero-order chi connectivity index (χ0) is 54.3. The van der Waals surface area contributed by atoms with Crippen molar-refractivity contribution in [3.8, 4) is 0 Å². The molecule has 6 heteroatoms. The highest BCUT2D eigenvalue weighted by Gasteiger charge is 2.19. The summed E-state index contributed by atoms with van der Waals surface area (Å²) in [5.74, 6) is -0.959. The van der Waals surface area contributed by atoms with E-state index < -0.39 is 6.10 Å². The van der Waals surface area contributed by atoms with Crippen LogP contribution in [0.2, 0.25) is 0 Å². The number of ether oxygens (including phenoxy) is 3. The van der Waals surface area contributed by atoms with Crippen molar-refractivity contribution in [3.63, 3.8) is 0 Å². The van der Waals surface area contributed by atoms with Gasteiger partial charge in [0, 0.05) is 19.3 Å². The van der Waals surface area contributed by atoms with E-state index in [0.29, 0.717) is 19.3 Å². The van der Waals surface area contributed by atoms with Gasteiger partial charge in [0.25, 0.3) is 0 Å². The Morgan fingerprint density at radius 1 is 0.280 bits per heavy atom. The van der Waals surface area contributed by atoms with Gasteiger partial charge in [-0.2, -0.15) is 0 Å². The second kappa shape index (κ2) is 62.1. The maximum Gasteiger partial charge on any atom is 0.306 e. The van der Waals surface area contributed by atoms with Crippen LogP contribution in [0.1, 0.15) is 265 Å². The largest absolute Gasteiger partial charge is 0.462 e. The molecule has 0 radical (unpaired) electrons. The van der Waals surface area contributed by atoms with Crippen molar-refractivity contribution in [3.05, 3.63) is 134 Å². The van der Waals surface area contributed by atoms with Crippen molar-refractivity contribution in [1.82, 2.24) is 0 Å². The van der Waals surface area contributed by atoms with Crippen molar-refractivity contribution in [2.24, 2.45) is 0 Å². The van der Waals surface area contributed by atoms with Gasteiger partial charge in [-0.1, -0.05) is 244 Å². The lowest BCUT2D eigenvalue weighted by Crippen LogP contribution is -2.30. The zero-order valence-corrected chi connectivity index (χ0v) is 48.5. The standard InChI is InChI=1S/C69H112O6/c1-4-7-10-13-16-19-22-25-27-28-29-30-31-32-33-34-35-36-37-38-39-40-42-44-47-50-53-56-59-62-68(71)74-65-66(64-73-67(70)61-58-55-52-49-46-43-24-21-18-15-12-9-6-3)75-69(72)63-60-57-54-51-48-45-41-26-23-20-17-14-11-8-5-2/h7-8,10-11,16-17,19-21,24-27,29-30,32-33,35-36,41,48,51,66H,4-6,9,12-15,18,22-23,28,31,34,37-40,42-47,49-50,52-65H2,1-3H3/b10-7-,11-8-,19-16-,20-17-,24-21-,27-25-,30-29-,33-32-,36-35-,41-26-,51-48-. The zero-order valence-electron chi connectivity index (χ0n) is 48.5. The first-order valence-corrected chi connectivity index (χ1v) is 30.7. The number of rotatable bonds is 54. The third-order valence-electron chi connectivity index (χ3n) is 12.6. The highest BCUT2D eigenvalue weighted by Crippen LogP contribution is 2.14. The smallest absolute Gasteiger partial charge is 0.306 e. The Morgan fingerprint density at radius 2 is 0.520 bits per heavy atom. The second-order valence-electron chi connectivity index (χ2n) is 19.8. The molecule has 6 nitrogen and oxygen atoms in total. The number of hydrogen-bond donors (Lipinski definition) is 0. The van der Waals surface area contributed by atoms with Gasteiger partial charge in [0.05, 0.1) is 0 Å². The summed E-state index contributed by atoms with van der Waals surface area (Å²) in [5.41, 5.74) is 0. The number of carbonyl (C=O) groups excluding carboxylic acids is 3. The molecule has 1 unspecified atom stereocenters. The highest BCUT2D eigenvalue weighted by atomic mass is 16.6. The van der Waals surface area contributed by atoms with Crippen LogP contribution >= 0.6 is 0 Å². The molecule has 0 aliphatic carbocycles.